The lowest BCUT2D eigenvalue weighted by molar-refractivity contribution is -0.140. The Balaban J connectivity index is 2.48. The van der Waals surface area contributed by atoms with Gasteiger partial charge in [-0.2, -0.15) is 13.2 Å². The fraction of sp³-hybridized carbons (Fsp3) is 0.375. The first-order valence-corrected chi connectivity index (χ1v) is 7.51. The van der Waals surface area contributed by atoms with Gasteiger partial charge in [-0.3, -0.25) is 9.59 Å². The molecule has 1 aromatic rings. The summed E-state index contributed by atoms with van der Waals surface area (Å²) in [6, 6.07) is 3.40. The van der Waals surface area contributed by atoms with Gasteiger partial charge in [0.1, 0.15) is 0 Å². The summed E-state index contributed by atoms with van der Waals surface area (Å²) in [4.78, 5) is 22.5. The summed E-state index contributed by atoms with van der Waals surface area (Å²) in [6.45, 7) is 0.356. The fourth-order valence-corrected chi connectivity index (χ4v) is 2.03. The van der Waals surface area contributed by atoms with Crippen LogP contribution in [0.3, 0.4) is 0 Å². The topological polar surface area (TPSA) is 55.4 Å². The van der Waals surface area contributed by atoms with E-state index in [0.29, 0.717) is 19.4 Å². The first-order chi connectivity index (χ1) is 11.2. The fourth-order valence-electron chi connectivity index (χ4n) is 1.80. The van der Waals surface area contributed by atoms with E-state index in [2.05, 4.69) is 10.1 Å². The van der Waals surface area contributed by atoms with Crippen molar-refractivity contribution in [2.24, 2.45) is 0 Å². The molecule has 0 fully saturated rings. The van der Waals surface area contributed by atoms with Crippen molar-refractivity contribution in [2.45, 2.75) is 25.4 Å². The molecule has 8 heteroatoms. The Morgan fingerprint density at radius 2 is 2.00 bits per heavy atom. The Labute approximate surface area is 142 Å². The van der Waals surface area contributed by atoms with Gasteiger partial charge in [0.2, 0.25) is 5.91 Å². The van der Waals surface area contributed by atoms with Crippen LogP contribution in [0.1, 0.15) is 30.4 Å². The molecule has 1 N–H and O–H groups in total. The number of benzene rings is 1. The summed E-state index contributed by atoms with van der Waals surface area (Å²) in [5.74, 6) is -0.749. The van der Waals surface area contributed by atoms with Gasteiger partial charge in [0.05, 0.1) is 17.7 Å². The maximum absolute atomic E-state index is 12.7. The molecule has 0 bridgehead atoms. The molecule has 0 aliphatic rings. The Morgan fingerprint density at radius 3 is 2.62 bits per heavy atom. The van der Waals surface area contributed by atoms with Gasteiger partial charge in [0.15, 0.2) is 0 Å². The number of alkyl halides is 3. The minimum atomic E-state index is -4.55. The molecule has 4 nitrogen and oxygen atoms in total. The van der Waals surface area contributed by atoms with Gasteiger partial charge >= 0.3 is 12.1 Å². The maximum atomic E-state index is 12.7. The first kappa shape index (κ1) is 20.0. The van der Waals surface area contributed by atoms with Gasteiger partial charge in [0, 0.05) is 19.0 Å². The average molecular weight is 364 g/mol. The van der Waals surface area contributed by atoms with Gasteiger partial charge in [0.25, 0.3) is 0 Å². The molecule has 1 rings (SSSR count). The number of ether oxygens (including phenoxy) is 1. The predicted molar refractivity (Wildman–Crippen MR) is 84.4 cm³/mol. The Morgan fingerprint density at radius 1 is 1.29 bits per heavy atom. The number of nitrogens with one attached hydrogen (secondary N) is 1. The number of rotatable bonds is 7. The minimum Gasteiger partial charge on any atom is -0.469 e. The number of carbonyl (C=O) groups excluding carboxylic acids is 2. The highest BCUT2D eigenvalue weighted by molar-refractivity contribution is 6.31. The van der Waals surface area contributed by atoms with Gasteiger partial charge in [-0.25, -0.2) is 0 Å². The van der Waals surface area contributed by atoms with Crippen LogP contribution in [0.25, 0.3) is 6.08 Å². The SMILES string of the molecule is COC(=O)CCCCNC(=O)/C=C/c1ccc(Cl)c(C(F)(F)F)c1. The third-order valence-corrected chi connectivity index (χ3v) is 3.39. The quantitative estimate of drug-likeness (QED) is 0.455. The molecule has 0 aromatic heterocycles. The van der Waals surface area contributed by atoms with Crippen LogP contribution in [0, 0.1) is 0 Å². The van der Waals surface area contributed by atoms with Crippen molar-refractivity contribution < 1.29 is 27.5 Å². The second-order valence-electron chi connectivity index (χ2n) is 4.89. The predicted octanol–water partition coefficient (Wildman–Crippen LogP) is 3.83. The van der Waals surface area contributed by atoms with Crippen molar-refractivity contribution in [3.8, 4) is 0 Å². The van der Waals surface area contributed by atoms with Crippen molar-refractivity contribution in [3.63, 3.8) is 0 Å². The number of hydrogen-bond donors (Lipinski definition) is 1. The number of esters is 1. The van der Waals surface area contributed by atoms with Crippen LogP contribution in [-0.2, 0) is 20.5 Å². The van der Waals surface area contributed by atoms with Crippen LogP contribution in [0.5, 0.6) is 0 Å². The smallest absolute Gasteiger partial charge is 0.417 e. The summed E-state index contributed by atoms with van der Waals surface area (Å²) < 4.78 is 42.7. The van der Waals surface area contributed by atoms with E-state index in [0.717, 1.165) is 18.2 Å². The van der Waals surface area contributed by atoms with E-state index in [1.54, 1.807) is 0 Å². The molecule has 0 aliphatic heterocycles. The van der Waals surface area contributed by atoms with Gasteiger partial charge in [-0.05, 0) is 36.6 Å². The number of hydrogen-bond acceptors (Lipinski definition) is 3. The largest absolute Gasteiger partial charge is 0.469 e. The van der Waals surface area contributed by atoms with Crippen molar-refractivity contribution >= 4 is 29.6 Å². The normalized spacial score (nSPS) is 11.5. The summed E-state index contributed by atoms with van der Waals surface area (Å²) in [7, 11) is 1.30. The van der Waals surface area contributed by atoms with Crippen LogP contribution in [0.4, 0.5) is 13.2 Å². The molecule has 132 valence electrons. The molecule has 0 atom stereocenters. The van der Waals surface area contributed by atoms with Crippen molar-refractivity contribution in [1.82, 2.24) is 5.32 Å². The summed E-state index contributed by atoms with van der Waals surface area (Å²) in [5.41, 5.74) is -0.734. The monoisotopic (exact) mass is 363 g/mol. The lowest BCUT2D eigenvalue weighted by atomic mass is 10.1. The zero-order valence-corrected chi connectivity index (χ0v) is 13.7. The van der Waals surface area contributed by atoms with E-state index >= 15 is 0 Å². The van der Waals surface area contributed by atoms with Gasteiger partial charge in [-0.1, -0.05) is 17.7 Å². The molecular weight excluding hydrogens is 347 g/mol. The molecule has 1 amide bonds. The molecule has 1 aromatic carbocycles. The lowest BCUT2D eigenvalue weighted by Gasteiger charge is -2.09. The molecular formula is C16H17ClF3NO3. The highest BCUT2D eigenvalue weighted by atomic mass is 35.5. The highest BCUT2D eigenvalue weighted by Crippen LogP contribution is 2.35. The molecule has 0 spiro atoms. The third kappa shape index (κ3) is 7.04. The first-order valence-electron chi connectivity index (χ1n) is 7.13. The van der Waals surface area contributed by atoms with Crippen LogP contribution in [0.15, 0.2) is 24.3 Å². The number of carbonyl (C=O) groups is 2. The standard InChI is InChI=1S/C16H17ClF3NO3/c1-24-15(23)4-2-3-9-21-14(22)8-6-11-5-7-13(17)12(10-11)16(18,19)20/h5-8,10H,2-4,9H2,1H3,(H,21,22)/b8-6+. The summed E-state index contributed by atoms with van der Waals surface area (Å²) in [5, 5.41) is 2.18. The van der Waals surface area contributed by atoms with E-state index in [9.17, 15) is 22.8 Å². The average Bonchev–Trinajstić information content (AvgIpc) is 2.52. The molecule has 0 saturated heterocycles. The molecule has 0 unspecified atom stereocenters. The van der Waals surface area contributed by atoms with Gasteiger partial charge < -0.3 is 10.1 Å². The van der Waals surface area contributed by atoms with E-state index in [1.165, 1.54) is 19.3 Å². The van der Waals surface area contributed by atoms with Crippen molar-refractivity contribution in [3.05, 3.63) is 40.4 Å². The Kier molecular flexibility index (Phi) is 7.78. The molecule has 0 radical (unpaired) electrons. The van der Waals surface area contributed by atoms with Crippen LogP contribution >= 0.6 is 11.6 Å². The lowest BCUT2D eigenvalue weighted by Crippen LogP contribution is -2.22. The molecule has 0 aliphatic carbocycles. The van der Waals surface area contributed by atoms with Crippen LogP contribution in [0.2, 0.25) is 5.02 Å². The summed E-state index contributed by atoms with van der Waals surface area (Å²) >= 11 is 5.52. The summed E-state index contributed by atoms with van der Waals surface area (Å²) in [6.07, 6.45) is -0.703. The van der Waals surface area contributed by atoms with E-state index < -0.39 is 22.7 Å². The van der Waals surface area contributed by atoms with Crippen molar-refractivity contribution in [1.29, 1.82) is 0 Å². The zero-order chi connectivity index (χ0) is 18.2. The number of unbranched alkanes of at least 4 members (excludes halogenated alkanes) is 1. The second-order valence-corrected chi connectivity index (χ2v) is 5.30. The Bertz CT molecular complexity index is 615. The maximum Gasteiger partial charge on any atom is 0.417 e. The highest BCUT2D eigenvalue weighted by Gasteiger charge is 2.33. The van der Waals surface area contributed by atoms with Crippen LogP contribution in [-0.4, -0.2) is 25.5 Å². The van der Waals surface area contributed by atoms with Crippen LogP contribution < -0.4 is 5.32 Å². The minimum absolute atomic E-state index is 0.215. The van der Waals surface area contributed by atoms with E-state index in [4.69, 9.17) is 11.6 Å². The van der Waals surface area contributed by atoms with E-state index in [-0.39, 0.29) is 18.0 Å². The third-order valence-electron chi connectivity index (χ3n) is 3.06. The second kappa shape index (κ2) is 9.32. The zero-order valence-electron chi connectivity index (χ0n) is 13.0. The number of methoxy groups -OCH3 is 1. The van der Waals surface area contributed by atoms with Gasteiger partial charge in [-0.15, -0.1) is 0 Å². The van der Waals surface area contributed by atoms with Crippen molar-refractivity contribution in [2.75, 3.05) is 13.7 Å². The molecule has 0 saturated carbocycles. The molecule has 0 heterocycles. The molecule has 24 heavy (non-hydrogen) atoms. The Hall–Kier alpha value is -2.02. The number of halogens is 4. The number of amides is 1. The van der Waals surface area contributed by atoms with E-state index in [1.807, 2.05) is 0 Å².